The second-order valence-corrected chi connectivity index (χ2v) is 8.97. The third-order valence-corrected chi connectivity index (χ3v) is 7.38. The number of nitrogens with zero attached hydrogens (tertiary/aromatic N) is 4. The van der Waals surface area contributed by atoms with Crippen LogP contribution >= 0.6 is 23.4 Å². The third-order valence-electron chi connectivity index (χ3n) is 5.83. The summed E-state index contributed by atoms with van der Waals surface area (Å²) in [7, 11) is 0. The summed E-state index contributed by atoms with van der Waals surface area (Å²) in [6.07, 6.45) is 5.11. The summed E-state index contributed by atoms with van der Waals surface area (Å²) in [6, 6.07) is 17.3. The number of aliphatic imine (C=N–C) groups is 1. The van der Waals surface area contributed by atoms with Crippen LogP contribution in [0.2, 0.25) is 5.02 Å². The molecule has 0 amide bonds. The Balaban J connectivity index is 1.63. The van der Waals surface area contributed by atoms with Crippen molar-refractivity contribution in [3.8, 4) is 5.69 Å². The number of amidine groups is 1. The van der Waals surface area contributed by atoms with Crippen molar-refractivity contribution in [3.63, 3.8) is 0 Å². The van der Waals surface area contributed by atoms with Crippen LogP contribution < -0.4 is 0 Å². The van der Waals surface area contributed by atoms with Gasteiger partial charge >= 0.3 is 0 Å². The van der Waals surface area contributed by atoms with Crippen molar-refractivity contribution >= 4 is 28.5 Å². The molecule has 0 spiro atoms. The Labute approximate surface area is 180 Å². The standard InChI is InChI=1S/C23H23ClN4S/c1-3-16-14-29-23-26-21(19-7-4-5-11-25-19)22(28(16)23)20-8-6-12-27(20)17-9-10-18(24)15(2)13-17/h4-13,16,21-22H,3,14H2,1-2H3/t16-,21+,22+/m1/s1. The van der Waals surface area contributed by atoms with Crippen molar-refractivity contribution in [2.75, 3.05) is 5.75 Å². The maximum Gasteiger partial charge on any atom is 0.160 e. The second-order valence-electron chi connectivity index (χ2n) is 7.57. The first-order valence-electron chi connectivity index (χ1n) is 10.0. The van der Waals surface area contributed by atoms with Gasteiger partial charge in [0, 0.05) is 40.6 Å². The number of halogens is 1. The minimum atomic E-state index is -0.00454. The Kier molecular flexibility index (Phi) is 4.88. The van der Waals surface area contributed by atoms with E-state index in [2.05, 4.69) is 64.0 Å². The maximum absolute atomic E-state index is 6.28. The lowest BCUT2D eigenvalue weighted by Crippen LogP contribution is -2.36. The van der Waals surface area contributed by atoms with Crippen molar-refractivity contribution in [2.45, 2.75) is 38.4 Å². The monoisotopic (exact) mass is 422 g/mol. The fourth-order valence-electron chi connectivity index (χ4n) is 4.32. The van der Waals surface area contributed by atoms with Gasteiger partial charge in [-0.3, -0.25) is 9.98 Å². The van der Waals surface area contributed by atoms with Gasteiger partial charge in [-0.15, -0.1) is 0 Å². The highest BCUT2D eigenvalue weighted by Gasteiger charge is 2.46. The first kappa shape index (κ1) is 18.8. The zero-order chi connectivity index (χ0) is 20.0. The number of rotatable bonds is 4. The fraction of sp³-hybridized carbons (Fsp3) is 0.304. The molecule has 2 aromatic heterocycles. The van der Waals surface area contributed by atoms with Crippen LogP contribution in [0.3, 0.4) is 0 Å². The van der Waals surface area contributed by atoms with E-state index in [9.17, 15) is 0 Å². The normalized spacial score (nSPS) is 23.3. The molecule has 1 fully saturated rings. The van der Waals surface area contributed by atoms with Gasteiger partial charge in [-0.2, -0.15) is 0 Å². The van der Waals surface area contributed by atoms with Gasteiger partial charge in [-0.1, -0.05) is 36.4 Å². The lowest BCUT2D eigenvalue weighted by atomic mass is 9.99. The van der Waals surface area contributed by atoms with Crippen molar-refractivity contribution in [1.29, 1.82) is 0 Å². The molecule has 0 radical (unpaired) electrons. The smallest absolute Gasteiger partial charge is 0.160 e. The number of fused-ring (bicyclic) bond motifs is 1. The molecule has 148 valence electrons. The molecule has 2 aliphatic heterocycles. The molecule has 5 rings (SSSR count). The summed E-state index contributed by atoms with van der Waals surface area (Å²) in [5.74, 6) is 1.10. The van der Waals surface area contributed by atoms with Crippen LogP contribution in [0.15, 0.2) is 65.9 Å². The third kappa shape index (κ3) is 3.17. The molecule has 1 aromatic carbocycles. The van der Waals surface area contributed by atoms with Gasteiger partial charge in [-0.25, -0.2) is 0 Å². The summed E-state index contributed by atoms with van der Waals surface area (Å²) in [5, 5.41) is 1.94. The van der Waals surface area contributed by atoms with Gasteiger partial charge in [0.2, 0.25) is 0 Å². The molecule has 29 heavy (non-hydrogen) atoms. The van der Waals surface area contributed by atoms with E-state index in [0.717, 1.165) is 39.3 Å². The van der Waals surface area contributed by atoms with Gasteiger partial charge in [0.15, 0.2) is 5.17 Å². The van der Waals surface area contributed by atoms with Crippen LogP contribution in [0.4, 0.5) is 0 Å². The summed E-state index contributed by atoms with van der Waals surface area (Å²) < 4.78 is 2.28. The number of hydrogen-bond donors (Lipinski definition) is 0. The van der Waals surface area contributed by atoms with E-state index in [1.165, 1.54) is 5.69 Å². The number of aromatic nitrogens is 2. The topological polar surface area (TPSA) is 33.4 Å². The Hall–Kier alpha value is -2.24. The highest BCUT2D eigenvalue weighted by molar-refractivity contribution is 8.14. The predicted octanol–water partition coefficient (Wildman–Crippen LogP) is 5.81. The second kappa shape index (κ2) is 7.54. The number of hydrogen-bond acceptors (Lipinski definition) is 4. The number of thioether (sulfide) groups is 1. The van der Waals surface area contributed by atoms with E-state index >= 15 is 0 Å². The van der Waals surface area contributed by atoms with Crippen LogP contribution in [0.25, 0.3) is 5.69 Å². The van der Waals surface area contributed by atoms with Crippen LogP contribution in [0.5, 0.6) is 0 Å². The number of benzene rings is 1. The molecular weight excluding hydrogens is 400 g/mol. The molecule has 3 atom stereocenters. The zero-order valence-electron chi connectivity index (χ0n) is 16.5. The molecule has 0 aliphatic carbocycles. The van der Waals surface area contributed by atoms with Gasteiger partial charge in [0.25, 0.3) is 0 Å². The zero-order valence-corrected chi connectivity index (χ0v) is 18.1. The van der Waals surface area contributed by atoms with Gasteiger partial charge in [0.05, 0.1) is 5.69 Å². The van der Waals surface area contributed by atoms with Crippen LogP contribution in [0.1, 0.15) is 42.4 Å². The first-order valence-corrected chi connectivity index (χ1v) is 11.4. The van der Waals surface area contributed by atoms with Crippen LogP contribution in [-0.4, -0.2) is 31.4 Å². The average Bonchev–Trinajstić information content (AvgIpc) is 3.45. The molecule has 0 saturated carbocycles. The lowest BCUT2D eigenvalue weighted by molar-refractivity contribution is 0.249. The Morgan fingerprint density at radius 2 is 2.07 bits per heavy atom. The molecular formula is C23H23ClN4S. The van der Waals surface area contributed by atoms with Crippen molar-refractivity contribution < 1.29 is 0 Å². The minimum absolute atomic E-state index is 0.00454. The van der Waals surface area contributed by atoms with E-state index in [1.807, 2.05) is 37.0 Å². The Morgan fingerprint density at radius 3 is 2.83 bits per heavy atom. The van der Waals surface area contributed by atoms with Crippen LogP contribution in [-0.2, 0) is 0 Å². The quantitative estimate of drug-likeness (QED) is 0.531. The summed E-state index contributed by atoms with van der Waals surface area (Å²) in [5.41, 5.74) is 4.47. The maximum atomic E-state index is 6.28. The lowest BCUT2D eigenvalue weighted by Gasteiger charge is -2.32. The Morgan fingerprint density at radius 1 is 1.17 bits per heavy atom. The summed E-state index contributed by atoms with van der Waals surface area (Å²) in [4.78, 5) is 12.3. The van der Waals surface area contributed by atoms with E-state index in [0.29, 0.717) is 6.04 Å². The number of pyridine rings is 1. The van der Waals surface area contributed by atoms with Gasteiger partial charge in [0.1, 0.15) is 12.1 Å². The predicted molar refractivity (Wildman–Crippen MR) is 121 cm³/mol. The van der Waals surface area contributed by atoms with Crippen molar-refractivity contribution in [2.24, 2.45) is 4.99 Å². The summed E-state index contributed by atoms with van der Waals surface area (Å²) >= 11 is 8.15. The van der Waals surface area contributed by atoms with Gasteiger partial charge in [-0.05, 0) is 61.4 Å². The Bertz CT molecular complexity index is 1060. The molecule has 6 heteroatoms. The first-order chi connectivity index (χ1) is 14.2. The van der Waals surface area contributed by atoms with E-state index in [-0.39, 0.29) is 12.1 Å². The average molecular weight is 423 g/mol. The SMILES string of the molecule is CC[C@@H]1CSC2=N[C@@H](c3ccccn3)[C@H](c3cccn3-c3ccc(Cl)c(C)c3)N21. The minimum Gasteiger partial charge on any atom is -0.337 e. The van der Waals surface area contributed by atoms with Crippen LogP contribution in [0, 0.1) is 6.92 Å². The van der Waals surface area contributed by atoms with E-state index < -0.39 is 0 Å². The number of aryl methyl sites for hydroxylation is 1. The molecule has 4 heterocycles. The molecule has 0 unspecified atom stereocenters. The van der Waals surface area contributed by atoms with E-state index in [4.69, 9.17) is 16.6 Å². The van der Waals surface area contributed by atoms with E-state index in [1.54, 1.807) is 0 Å². The molecule has 4 nitrogen and oxygen atoms in total. The fourth-order valence-corrected chi connectivity index (χ4v) is 5.78. The molecule has 0 bridgehead atoms. The molecule has 3 aromatic rings. The highest BCUT2D eigenvalue weighted by Crippen LogP contribution is 2.48. The highest BCUT2D eigenvalue weighted by atomic mass is 35.5. The molecule has 2 aliphatic rings. The van der Waals surface area contributed by atoms with Gasteiger partial charge < -0.3 is 9.47 Å². The molecule has 0 N–H and O–H groups in total. The van der Waals surface area contributed by atoms with Crippen molar-refractivity contribution in [1.82, 2.24) is 14.5 Å². The largest absolute Gasteiger partial charge is 0.337 e. The summed E-state index contributed by atoms with van der Waals surface area (Å²) in [6.45, 7) is 4.31. The van der Waals surface area contributed by atoms with Crippen molar-refractivity contribution in [3.05, 3.63) is 82.9 Å². The molecule has 1 saturated heterocycles.